The van der Waals surface area contributed by atoms with Gasteiger partial charge < -0.3 is 5.32 Å². The lowest BCUT2D eigenvalue weighted by Crippen LogP contribution is -2.28. The van der Waals surface area contributed by atoms with Gasteiger partial charge in [0.2, 0.25) is 0 Å². The minimum Gasteiger partial charge on any atom is -0.314 e. The zero-order valence-electron chi connectivity index (χ0n) is 9.76. The van der Waals surface area contributed by atoms with E-state index < -0.39 is 0 Å². The predicted octanol–water partition coefficient (Wildman–Crippen LogP) is 3.20. The van der Waals surface area contributed by atoms with Crippen LogP contribution in [0.2, 0.25) is 0 Å². The number of hydrogen-bond donors (Lipinski definition) is 1. The van der Waals surface area contributed by atoms with Crippen molar-refractivity contribution in [1.82, 2.24) is 5.32 Å². The molecule has 0 aromatic heterocycles. The zero-order chi connectivity index (χ0) is 9.97. The Labute approximate surface area is 88.7 Å². The van der Waals surface area contributed by atoms with Crippen molar-refractivity contribution in [3.63, 3.8) is 0 Å². The van der Waals surface area contributed by atoms with E-state index in [2.05, 4.69) is 19.2 Å². The predicted molar refractivity (Wildman–Crippen MR) is 61.3 cm³/mol. The second-order valence-corrected chi connectivity index (χ2v) is 5.49. The van der Waals surface area contributed by atoms with Crippen LogP contribution in [0.5, 0.6) is 0 Å². The summed E-state index contributed by atoms with van der Waals surface area (Å²) < 4.78 is 0. The molecule has 0 aliphatic heterocycles. The van der Waals surface area contributed by atoms with E-state index in [4.69, 9.17) is 0 Å². The smallest absolute Gasteiger partial charge is 0.00361 e. The van der Waals surface area contributed by atoms with Crippen LogP contribution in [-0.4, -0.2) is 12.6 Å². The Bertz CT molecular complexity index is 178. The Morgan fingerprint density at radius 2 is 2.14 bits per heavy atom. The molecule has 4 atom stereocenters. The molecule has 0 amide bonds. The first-order valence-electron chi connectivity index (χ1n) is 6.53. The van der Waals surface area contributed by atoms with Gasteiger partial charge in [-0.15, -0.1) is 0 Å². The molecule has 2 saturated carbocycles. The Kier molecular flexibility index (Phi) is 3.48. The van der Waals surface area contributed by atoms with E-state index in [-0.39, 0.29) is 0 Å². The summed E-state index contributed by atoms with van der Waals surface area (Å²) in [4.78, 5) is 0. The number of fused-ring (bicyclic) bond motifs is 2. The van der Waals surface area contributed by atoms with E-state index in [1.807, 2.05) is 0 Å². The van der Waals surface area contributed by atoms with Gasteiger partial charge in [0.15, 0.2) is 0 Å². The van der Waals surface area contributed by atoms with Gasteiger partial charge in [-0.05, 0) is 63.3 Å². The maximum absolute atomic E-state index is 3.62. The molecule has 1 nitrogen and oxygen atoms in total. The van der Waals surface area contributed by atoms with Crippen LogP contribution in [0.15, 0.2) is 0 Å². The highest BCUT2D eigenvalue weighted by Crippen LogP contribution is 2.49. The van der Waals surface area contributed by atoms with Crippen molar-refractivity contribution in [2.45, 2.75) is 58.4 Å². The van der Waals surface area contributed by atoms with Crippen molar-refractivity contribution in [1.29, 1.82) is 0 Å². The Hall–Kier alpha value is -0.0400. The Morgan fingerprint density at radius 1 is 1.29 bits per heavy atom. The second-order valence-electron chi connectivity index (χ2n) is 5.49. The molecular weight excluding hydrogens is 170 g/mol. The maximum Gasteiger partial charge on any atom is 0.00361 e. The van der Waals surface area contributed by atoms with E-state index in [1.54, 1.807) is 25.7 Å². The van der Waals surface area contributed by atoms with Gasteiger partial charge in [0.05, 0.1) is 0 Å². The zero-order valence-corrected chi connectivity index (χ0v) is 9.76. The van der Waals surface area contributed by atoms with Gasteiger partial charge >= 0.3 is 0 Å². The summed E-state index contributed by atoms with van der Waals surface area (Å²) in [6, 6.07) is 0.716. The third-order valence-corrected chi connectivity index (χ3v) is 4.50. The molecule has 82 valence electrons. The molecule has 2 aliphatic carbocycles. The molecule has 2 aliphatic rings. The SMILES string of the molecule is CCC(C)NCCC1CC2CCC1C2. The molecule has 14 heavy (non-hydrogen) atoms. The van der Waals surface area contributed by atoms with Crippen LogP contribution in [0.25, 0.3) is 0 Å². The Morgan fingerprint density at radius 3 is 2.71 bits per heavy atom. The molecule has 0 aromatic rings. The van der Waals surface area contributed by atoms with E-state index in [0.29, 0.717) is 6.04 Å². The van der Waals surface area contributed by atoms with Crippen molar-refractivity contribution in [3.05, 3.63) is 0 Å². The highest BCUT2D eigenvalue weighted by Gasteiger charge is 2.38. The van der Waals surface area contributed by atoms with Gasteiger partial charge in [-0.3, -0.25) is 0 Å². The van der Waals surface area contributed by atoms with Crippen molar-refractivity contribution in [3.8, 4) is 0 Å². The lowest BCUT2D eigenvalue weighted by Gasteiger charge is -2.22. The fourth-order valence-corrected chi connectivity index (χ4v) is 3.39. The number of nitrogens with one attached hydrogen (secondary N) is 1. The maximum atomic E-state index is 3.62. The molecule has 2 rings (SSSR count). The molecule has 1 heteroatoms. The van der Waals surface area contributed by atoms with Crippen LogP contribution in [0.1, 0.15) is 52.4 Å². The molecule has 0 spiro atoms. The van der Waals surface area contributed by atoms with E-state index in [0.717, 1.165) is 17.8 Å². The summed E-state index contributed by atoms with van der Waals surface area (Å²) in [5.74, 6) is 3.30. The van der Waals surface area contributed by atoms with E-state index in [9.17, 15) is 0 Å². The highest BCUT2D eigenvalue weighted by atomic mass is 14.9. The summed E-state index contributed by atoms with van der Waals surface area (Å²) in [7, 11) is 0. The van der Waals surface area contributed by atoms with Gasteiger partial charge in [-0.2, -0.15) is 0 Å². The molecular formula is C13H25N. The number of rotatable bonds is 5. The monoisotopic (exact) mass is 195 g/mol. The lowest BCUT2D eigenvalue weighted by atomic mass is 9.86. The largest absolute Gasteiger partial charge is 0.314 e. The van der Waals surface area contributed by atoms with Crippen LogP contribution in [0.3, 0.4) is 0 Å². The third-order valence-electron chi connectivity index (χ3n) is 4.50. The minimum absolute atomic E-state index is 0.716. The average Bonchev–Trinajstić information content (AvgIpc) is 2.79. The molecule has 4 unspecified atom stereocenters. The molecule has 0 saturated heterocycles. The minimum atomic E-state index is 0.716. The molecule has 0 heterocycles. The van der Waals surface area contributed by atoms with Crippen LogP contribution in [-0.2, 0) is 0 Å². The summed E-state index contributed by atoms with van der Waals surface area (Å²) in [5.41, 5.74) is 0. The first-order chi connectivity index (χ1) is 6.79. The molecule has 0 radical (unpaired) electrons. The quantitative estimate of drug-likeness (QED) is 0.710. The summed E-state index contributed by atoms with van der Waals surface area (Å²) >= 11 is 0. The van der Waals surface area contributed by atoms with Crippen molar-refractivity contribution in [2.75, 3.05) is 6.54 Å². The summed E-state index contributed by atoms with van der Waals surface area (Å²) in [6.07, 6.45) is 8.89. The topological polar surface area (TPSA) is 12.0 Å². The van der Waals surface area contributed by atoms with E-state index >= 15 is 0 Å². The normalized spacial score (nSPS) is 37.7. The van der Waals surface area contributed by atoms with Crippen LogP contribution < -0.4 is 5.32 Å². The van der Waals surface area contributed by atoms with Gasteiger partial charge in [0, 0.05) is 6.04 Å². The van der Waals surface area contributed by atoms with Crippen molar-refractivity contribution < 1.29 is 0 Å². The first-order valence-corrected chi connectivity index (χ1v) is 6.53. The van der Waals surface area contributed by atoms with Crippen molar-refractivity contribution >= 4 is 0 Å². The van der Waals surface area contributed by atoms with Gasteiger partial charge in [0.25, 0.3) is 0 Å². The summed E-state index contributed by atoms with van der Waals surface area (Å²) in [5, 5.41) is 3.62. The van der Waals surface area contributed by atoms with Crippen LogP contribution >= 0.6 is 0 Å². The summed E-state index contributed by atoms with van der Waals surface area (Å²) in [6.45, 7) is 5.80. The highest BCUT2D eigenvalue weighted by molar-refractivity contribution is 4.90. The molecule has 0 aromatic carbocycles. The van der Waals surface area contributed by atoms with Crippen molar-refractivity contribution in [2.24, 2.45) is 17.8 Å². The third kappa shape index (κ3) is 2.31. The average molecular weight is 195 g/mol. The van der Waals surface area contributed by atoms with Crippen LogP contribution in [0, 0.1) is 17.8 Å². The lowest BCUT2D eigenvalue weighted by molar-refractivity contribution is 0.305. The molecule has 2 fully saturated rings. The number of hydrogen-bond acceptors (Lipinski definition) is 1. The first kappa shape index (κ1) is 10.5. The fraction of sp³-hybridized carbons (Fsp3) is 1.00. The Balaban J connectivity index is 1.62. The fourth-order valence-electron chi connectivity index (χ4n) is 3.39. The van der Waals surface area contributed by atoms with Gasteiger partial charge in [0.1, 0.15) is 0 Å². The second kappa shape index (κ2) is 4.65. The van der Waals surface area contributed by atoms with Gasteiger partial charge in [-0.1, -0.05) is 13.3 Å². The molecule has 2 bridgehead atoms. The van der Waals surface area contributed by atoms with Crippen LogP contribution in [0.4, 0.5) is 0 Å². The molecule has 1 N–H and O–H groups in total. The van der Waals surface area contributed by atoms with Gasteiger partial charge in [-0.25, -0.2) is 0 Å². The van der Waals surface area contributed by atoms with E-state index in [1.165, 1.54) is 19.4 Å². The standard InChI is InChI=1S/C13H25N/c1-3-10(2)14-7-6-13-9-11-4-5-12(13)8-11/h10-14H,3-9H2,1-2H3.